The maximum absolute atomic E-state index is 13.1. The smallest absolute Gasteiger partial charge is 0.123 e. The van der Waals surface area contributed by atoms with Crippen molar-refractivity contribution in [3.63, 3.8) is 0 Å². The van der Waals surface area contributed by atoms with Gasteiger partial charge in [-0.1, -0.05) is 19.9 Å². The average molecular weight is 222 g/mol. The topological polar surface area (TPSA) is 20.2 Å². The Hall–Kier alpha value is -0.890. The van der Waals surface area contributed by atoms with E-state index in [1.807, 2.05) is 6.92 Å². The zero-order valence-corrected chi connectivity index (χ0v) is 10.1. The fraction of sp³-hybridized carbons (Fsp3) is 0.571. The number of hydrogen-bond donors (Lipinski definition) is 1. The molecule has 0 heterocycles. The first kappa shape index (κ1) is 11.6. The van der Waals surface area contributed by atoms with E-state index in [0.29, 0.717) is 12.3 Å². The van der Waals surface area contributed by atoms with Gasteiger partial charge in [0.25, 0.3) is 0 Å². The van der Waals surface area contributed by atoms with Gasteiger partial charge in [0.15, 0.2) is 0 Å². The van der Waals surface area contributed by atoms with Crippen molar-refractivity contribution in [2.24, 2.45) is 11.3 Å². The van der Waals surface area contributed by atoms with E-state index in [9.17, 15) is 9.50 Å². The molecule has 88 valence electrons. The van der Waals surface area contributed by atoms with E-state index >= 15 is 0 Å². The summed E-state index contributed by atoms with van der Waals surface area (Å²) < 4.78 is 13.1. The van der Waals surface area contributed by atoms with Crippen molar-refractivity contribution in [3.05, 3.63) is 35.1 Å². The third-order valence-corrected chi connectivity index (χ3v) is 3.79. The second-order valence-electron chi connectivity index (χ2n) is 5.64. The van der Waals surface area contributed by atoms with Crippen LogP contribution in [-0.2, 0) is 6.42 Å². The van der Waals surface area contributed by atoms with Crippen LogP contribution in [0, 0.1) is 24.1 Å². The van der Waals surface area contributed by atoms with Gasteiger partial charge in [-0.15, -0.1) is 0 Å². The van der Waals surface area contributed by atoms with Crippen LogP contribution < -0.4 is 0 Å². The number of rotatable bonds is 3. The SMILES string of the molecule is Cc1ccc(F)cc1CC(O)C1CC1(C)C. The fourth-order valence-corrected chi connectivity index (χ4v) is 2.39. The molecule has 1 aliphatic rings. The summed E-state index contributed by atoms with van der Waals surface area (Å²) in [6.07, 6.45) is 1.30. The Morgan fingerprint density at radius 1 is 1.50 bits per heavy atom. The standard InChI is InChI=1S/C14H19FO/c1-9-4-5-11(15)6-10(9)7-13(16)12-8-14(12,2)3/h4-6,12-13,16H,7-8H2,1-3H3. The van der Waals surface area contributed by atoms with Crippen molar-refractivity contribution in [3.8, 4) is 0 Å². The molecule has 1 fully saturated rings. The van der Waals surface area contributed by atoms with Gasteiger partial charge in [0, 0.05) is 0 Å². The highest BCUT2D eigenvalue weighted by Gasteiger charge is 2.49. The van der Waals surface area contributed by atoms with Crippen molar-refractivity contribution in [1.29, 1.82) is 0 Å². The normalized spacial score (nSPS) is 24.2. The lowest BCUT2D eigenvalue weighted by Gasteiger charge is -2.14. The Morgan fingerprint density at radius 3 is 2.69 bits per heavy atom. The molecular weight excluding hydrogens is 203 g/mol. The van der Waals surface area contributed by atoms with E-state index in [2.05, 4.69) is 13.8 Å². The van der Waals surface area contributed by atoms with Crippen molar-refractivity contribution in [1.82, 2.24) is 0 Å². The van der Waals surface area contributed by atoms with E-state index in [0.717, 1.165) is 17.5 Å². The summed E-state index contributed by atoms with van der Waals surface area (Å²) in [6, 6.07) is 4.77. The molecule has 0 spiro atoms. The van der Waals surface area contributed by atoms with Crippen LogP contribution in [0.2, 0.25) is 0 Å². The van der Waals surface area contributed by atoms with Crippen LogP contribution in [0.4, 0.5) is 4.39 Å². The van der Waals surface area contributed by atoms with Crippen LogP contribution in [0.3, 0.4) is 0 Å². The molecular formula is C14H19FO. The van der Waals surface area contributed by atoms with Gasteiger partial charge >= 0.3 is 0 Å². The van der Waals surface area contributed by atoms with Crippen molar-refractivity contribution >= 4 is 0 Å². The Kier molecular flexibility index (Phi) is 2.79. The monoisotopic (exact) mass is 222 g/mol. The van der Waals surface area contributed by atoms with Crippen molar-refractivity contribution in [2.45, 2.75) is 39.7 Å². The Bertz CT molecular complexity index is 398. The molecule has 0 bridgehead atoms. The zero-order chi connectivity index (χ0) is 11.9. The molecule has 0 saturated heterocycles. The molecule has 1 N–H and O–H groups in total. The van der Waals surface area contributed by atoms with E-state index in [1.165, 1.54) is 12.1 Å². The Labute approximate surface area is 96.3 Å². The van der Waals surface area contributed by atoms with Gasteiger partial charge in [-0.3, -0.25) is 0 Å². The Balaban J connectivity index is 2.06. The van der Waals surface area contributed by atoms with Crippen molar-refractivity contribution < 1.29 is 9.50 Å². The summed E-state index contributed by atoms with van der Waals surface area (Å²) in [6.45, 7) is 6.29. The van der Waals surface area contributed by atoms with Gasteiger partial charge in [-0.25, -0.2) is 4.39 Å². The summed E-state index contributed by atoms with van der Waals surface area (Å²) >= 11 is 0. The van der Waals surface area contributed by atoms with Gasteiger partial charge in [0.05, 0.1) is 6.10 Å². The van der Waals surface area contributed by atoms with Crippen LogP contribution in [0.15, 0.2) is 18.2 Å². The van der Waals surface area contributed by atoms with Gasteiger partial charge in [0.2, 0.25) is 0 Å². The third-order valence-electron chi connectivity index (χ3n) is 3.79. The van der Waals surface area contributed by atoms with Crippen LogP contribution >= 0.6 is 0 Å². The molecule has 16 heavy (non-hydrogen) atoms. The highest BCUT2D eigenvalue weighted by molar-refractivity contribution is 5.27. The largest absolute Gasteiger partial charge is 0.392 e. The average Bonchev–Trinajstić information content (AvgIpc) is 2.82. The predicted octanol–water partition coefficient (Wildman–Crippen LogP) is 3.08. The molecule has 1 aliphatic carbocycles. The van der Waals surface area contributed by atoms with Crippen LogP contribution in [0.5, 0.6) is 0 Å². The van der Waals surface area contributed by atoms with Gasteiger partial charge in [-0.05, 0) is 54.4 Å². The van der Waals surface area contributed by atoms with Gasteiger partial charge in [0.1, 0.15) is 5.82 Å². The van der Waals surface area contributed by atoms with E-state index in [4.69, 9.17) is 0 Å². The number of aryl methyl sites for hydroxylation is 1. The summed E-state index contributed by atoms with van der Waals surface area (Å²) in [5.74, 6) is 0.151. The summed E-state index contributed by atoms with van der Waals surface area (Å²) in [7, 11) is 0. The number of halogens is 1. The molecule has 1 aromatic rings. The molecule has 0 aromatic heterocycles. The third kappa shape index (κ3) is 2.27. The van der Waals surface area contributed by atoms with Gasteiger partial charge in [-0.2, -0.15) is 0 Å². The first-order valence-electron chi connectivity index (χ1n) is 5.83. The first-order chi connectivity index (χ1) is 7.40. The predicted molar refractivity (Wildman–Crippen MR) is 62.7 cm³/mol. The van der Waals surface area contributed by atoms with Crippen LogP contribution in [0.25, 0.3) is 0 Å². The molecule has 1 aromatic carbocycles. The molecule has 1 nitrogen and oxygen atoms in total. The highest BCUT2D eigenvalue weighted by atomic mass is 19.1. The molecule has 1 saturated carbocycles. The summed E-state index contributed by atoms with van der Waals surface area (Å²) in [4.78, 5) is 0. The number of aliphatic hydroxyl groups excluding tert-OH is 1. The maximum Gasteiger partial charge on any atom is 0.123 e. The lowest BCUT2D eigenvalue weighted by molar-refractivity contribution is 0.136. The minimum Gasteiger partial charge on any atom is -0.392 e. The molecule has 2 atom stereocenters. The Morgan fingerprint density at radius 2 is 2.12 bits per heavy atom. The second kappa shape index (κ2) is 3.85. The van der Waals surface area contributed by atoms with Crippen molar-refractivity contribution in [2.75, 3.05) is 0 Å². The quantitative estimate of drug-likeness (QED) is 0.833. The van der Waals surface area contributed by atoms with Crippen LogP contribution in [-0.4, -0.2) is 11.2 Å². The van der Waals surface area contributed by atoms with E-state index < -0.39 is 0 Å². The highest BCUT2D eigenvalue weighted by Crippen LogP contribution is 2.54. The molecule has 2 rings (SSSR count). The minimum atomic E-state index is -0.338. The minimum absolute atomic E-state index is 0.220. The summed E-state index contributed by atoms with van der Waals surface area (Å²) in [5, 5.41) is 10.1. The van der Waals surface area contributed by atoms with Gasteiger partial charge < -0.3 is 5.11 Å². The number of benzene rings is 1. The lowest BCUT2D eigenvalue weighted by Crippen LogP contribution is -2.17. The summed E-state index contributed by atoms with van der Waals surface area (Å²) in [5.41, 5.74) is 2.25. The lowest BCUT2D eigenvalue weighted by atomic mass is 9.97. The second-order valence-corrected chi connectivity index (χ2v) is 5.64. The molecule has 0 radical (unpaired) electrons. The van der Waals surface area contributed by atoms with E-state index in [-0.39, 0.29) is 17.3 Å². The molecule has 2 heteroatoms. The fourth-order valence-electron chi connectivity index (χ4n) is 2.39. The van der Waals surface area contributed by atoms with Crippen LogP contribution in [0.1, 0.15) is 31.4 Å². The molecule has 0 aliphatic heterocycles. The number of aliphatic hydroxyl groups is 1. The maximum atomic E-state index is 13.1. The number of hydrogen-bond acceptors (Lipinski definition) is 1. The molecule has 0 amide bonds. The first-order valence-corrected chi connectivity index (χ1v) is 5.83. The molecule has 2 unspecified atom stereocenters. The zero-order valence-electron chi connectivity index (χ0n) is 10.1. The van der Waals surface area contributed by atoms with E-state index in [1.54, 1.807) is 6.07 Å².